The highest BCUT2D eigenvalue weighted by atomic mass is 16.3. The fourth-order valence-corrected chi connectivity index (χ4v) is 3.10. The highest BCUT2D eigenvalue weighted by Crippen LogP contribution is 2.26. The van der Waals surface area contributed by atoms with E-state index in [9.17, 15) is 9.90 Å². The monoisotopic (exact) mass is 272 g/mol. The Hall–Kier alpha value is -1.81. The summed E-state index contributed by atoms with van der Waals surface area (Å²) in [7, 11) is 0. The van der Waals surface area contributed by atoms with E-state index in [1.165, 1.54) is 12.8 Å². The molecular weight excluding hydrogens is 252 g/mol. The number of pyridine rings is 1. The van der Waals surface area contributed by atoms with Crippen LogP contribution in [0, 0.1) is 5.92 Å². The van der Waals surface area contributed by atoms with E-state index >= 15 is 0 Å². The lowest BCUT2D eigenvalue weighted by molar-refractivity contribution is 0.178. The Morgan fingerprint density at radius 1 is 1.25 bits per heavy atom. The van der Waals surface area contributed by atoms with Crippen LogP contribution in [0.2, 0.25) is 0 Å². The molecule has 0 aliphatic heterocycles. The summed E-state index contributed by atoms with van der Waals surface area (Å²) in [5.41, 5.74) is -0.0676. The number of aliphatic hydroxyl groups excluding tert-OH is 1. The molecule has 2 atom stereocenters. The normalized spacial score (nSPS) is 22.9. The molecule has 0 bridgehead atoms. The number of benzene rings is 1. The summed E-state index contributed by atoms with van der Waals surface area (Å²) in [5.74, 6) is 1.03. The third-order valence-electron chi connectivity index (χ3n) is 4.24. The van der Waals surface area contributed by atoms with Crippen molar-refractivity contribution in [1.82, 2.24) is 4.98 Å². The van der Waals surface area contributed by atoms with Gasteiger partial charge < -0.3 is 15.4 Å². The first kappa shape index (κ1) is 13.2. The molecule has 0 radical (unpaired) electrons. The number of nitrogens with one attached hydrogen (secondary N) is 2. The van der Waals surface area contributed by atoms with Crippen molar-refractivity contribution >= 4 is 16.6 Å². The smallest absolute Gasteiger partial charge is 0.257 e. The number of anilines is 1. The van der Waals surface area contributed by atoms with Crippen molar-refractivity contribution in [2.75, 3.05) is 11.9 Å². The second kappa shape index (κ2) is 5.67. The second-order valence-electron chi connectivity index (χ2n) is 5.58. The van der Waals surface area contributed by atoms with Gasteiger partial charge in [-0.25, -0.2) is 0 Å². The van der Waals surface area contributed by atoms with E-state index in [-0.39, 0.29) is 24.1 Å². The molecule has 1 saturated carbocycles. The van der Waals surface area contributed by atoms with Crippen LogP contribution in [0.5, 0.6) is 0 Å². The third kappa shape index (κ3) is 2.56. The first-order valence-electron chi connectivity index (χ1n) is 7.27. The van der Waals surface area contributed by atoms with Crippen LogP contribution in [-0.2, 0) is 0 Å². The van der Waals surface area contributed by atoms with E-state index in [0.717, 1.165) is 24.0 Å². The standard InChI is InChI=1S/C16H20N2O2/c19-10-12-6-2-4-8-14(12)17-15-9-11-5-1-3-7-13(11)16(20)18-15/h1,3,5,7,9,12,14,19H,2,4,6,8,10H2,(H2,17,18,20). The van der Waals surface area contributed by atoms with Gasteiger partial charge in [0.2, 0.25) is 0 Å². The Kier molecular flexibility index (Phi) is 3.74. The predicted octanol–water partition coefficient (Wildman–Crippen LogP) is 2.49. The quantitative estimate of drug-likeness (QED) is 0.804. The van der Waals surface area contributed by atoms with Crippen LogP contribution in [-0.4, -0.2) is 22.7 Å². The van der Waals surface area contributed by atoms with E-state index in [1.807, 2.05) is 30.3 Å². The molecule has 4 nitrogen and oxygen atoms in total. The molecule has 1 aromatic heterocycles. The maximum Gasteiger partial charge on any atom is 0.257 e. The van der Waals surface area contributed by atoms with E-state index in [1.54, 1.807) is 0 Å². The van der Waals surface area contributed by atoms with E-state index in [4.69, 9.17) is 0 Å². The molecular formula is C16H20N2O2. The average Bonchev–Trinajstić information content (AvgIpc) is 2.48. The van der Waals surface area contributed by atoms with Crippen LogP contribution < -0.4 is 10.9 Å². The van der Waals surface area contributed by atoms with Crippen molar-refractivity contribution in [3.8, 4) is 0 Å². The minimum atomic E-state index is -0.0676. The molecule has 20 heavy (non-hydrogen) atoms. The van der Waals surface area contributed by atoms with E-state index in [2.05, 4.69) is 10.3 Å². The maximum absolute atomic E-state index is 12.0. The molecule has 3 rings (SSSR count). The maximum atomic E-state index is 12.0. The average molecular weight is 272 g/mol. The van der Waals surface area contributed by atoms with Gasteiger partial charge in [-0.2, -0.15) is 0 Å². The van der Waals surface area contributed by atoms with Crippen LogP contribution in [0.4, 0.5) is 5.82 Å². The second-order valence-corrected chi connectivity index (χ2v) is 5.58. The van der Waals surface area contributed by atoms with Crippen molar-refractivity contribution in [1.29, 1.82) is 0 Å². The van der Waals surface area contributed by atoms with Crippen molar-refractivity contribution in [2.24, 2.45) is 5.92 Å². The molecule has 1 aliphatic carbocycles. The third-order valence-corrected chi connectivity index (χ3v) is 4.24. The van der Waals surface area contributed by atoms with Crippen molar-refractivity contribution < 1.29 is 5.11 Å². The van der Waals surface area contributed by atoms with Gasteiger partial charge in [-0.05, 0) is 30.4 Å². The summed E-state index contributed by atoms with van der Waals surface area (Å²) < 4.78 is 0. The summed E-state index contributed by atoms with van der Waals surface area (Å²) in [5, 5.41) is 14.5. The molecule has 1 fully saturated rings. The fraction of sp³-hybridized carbons (Fsp3) is 0.438. The van der Waals surface area contributed by atoms with Gasteiger partial charge in [0, 0.05) is 24.0 Å². The van der Waals surface area contributed by atoms with Gasteiger partial charge in [0.15, 0.2) is 0 Å². The predicted molar refractivity (Wildman–Crippen MR) is 81.0 cm³/mol. The highest BCUT2D eigenvalue weighted by molar-refractivity contribution is 5.83. The molecule has 1 aromatic carbocycles. The van der Waals surface area contributed by atoms with Gasteiger partial charge in [0.05, 0.1) is 0 Å². The fourth-order valence-electron chi connectivity index (χ4n) is 3.10. The summed E-state index contributed by atoms with van der Waals surface area (Å²) >= 11 is 0. The molecule has 1 aliphatic rings. The number of hydrogen-bond acceptors (Lipinski definition) is 3. The molecule has 0 spiro atoms. The van der Waals surface area contributed by atoms with Crippen molar-refractivity contribution in [2.45, 2.75) is 31.7 Å². The Bertz CT molecular complexity index is 650. The van der Waals surface area contributed by atoms with Crippen LogP contribution in [0.1, 0.15) is 25.7 Å². The topological polar surface area (TPSA) is 65.1 Å². The Balaban J connectivity index is 1.88. The molecule has 0 saturated heterocycles. The number of hydrogen-bond donors (Lipinski definition) is 3. The van der Waals surface area contributed by atoms with Gasteiger partial charge in [-0.15, -0.1) is 0 Å². The van der Waals surface area contributed by atoms with Crippen LogP contribution in [0.15, 0.2) is 35.1 Å². The lowest BCUT2D eigenvalue weighted by atomic mass is 9.85. The number of rotatable bonds is 3. The molecule has 0 amide bonds. The van der Waals surface area contributed by atoms with Gasteiger partial charge in [0.1, 0.15) is 5.82 Å². The summed E-state index contributed by atoms with van der Waals surface area (Å²) in [6.07, 6.45) is 4.44. The molecule has 2 aromatic rings. The lowest BCUT2D eigenvalue weighted by Crippen LogP contribution is -2.35. The Labute approximate surface area is 117 Å². The molecule has 106 valence electrons. The zero-order chi connectivity index (χ0) is 13.9. The van der Waals surface area contributed by atoms with Crippen LogP contribution in [0.3, 0.4) is 0 Å². The number of aliphatic hydroxyl groups is 1. The van der Waals surface area contributed by atoms with Crippen LogP contribution >= 0.6 is 0 Å². The van der Waals surface area contributed by atoms with Crippen molar-refractivity contribution in [3.05, 3.63) is 40.7 Å². The molecule has 2 unspecified atom stereocenters. The van der Waals surface area contributed by atoms with Gasteiger partial charge >= 0.3 is 0 Å². The number of aromatic nitrogens is 1. The highest BCUT2D eigenvalue weighted by Gasteiger charge is 2.24. The Morgan fingerprint density at radius 2 is 2.05 bits per heavy atom. The summed E-state index contributed by atoms with van der Waals surface area (Å²) in [6.45, 7) is 0.204. The van der Waals surface area contributed by atoms with E-state index < -0.39 is 0 Å². The SMILES string of the molecule is O=c1[nH]c(NC2CCCCC2CO)cc2ccccc12. The summed E-state index contributed by atoms with van der Waals surface area (Å²) in [4.78, 5) is 14.9. The van der Waals surface area contributed by atoms with E-state index in [0.29, 0.717) is 5.39 Å². The number of fused-ring (bicyclic) bond motifs is 1. The number of H-pyrrole nitrogens is 1. The molecule has 1 heterocycles. The van der Waals surface area contributed by atoms with Crippen LogP contribution in [0.25, 0.3) is 10.8 Å². The first-order valence-corrected chi connectivity index (χ1v) is 7.27. The van der Waals surface area contributed by atoms with Gasteiger partial charge in [-0.3, -0.25) is 4.79 Å². The van der Waals surface area contributed by atoms with Crippen molar-refractivity contribution in [3.63, 3.8) is 0 Å². The Morgan fingerprint density at radius 3 is 2.90 bits per heavy atom. The minimum Gasteiger partial charge on any atom is -0.396 e. The molecule has 3 N–H and O–H groups in total. The van der Waals surface area contributed by atoms with Gasteiger partial charge in [-0.1, -0.05) is 31.0 Å². The molecule has 4 heteroatoms. The largest absolute Gasteiger partial charge is 0.396 e. The zero-order valence-corrected chi connectivity index (χ0v) is 11.4. The van der Waals surface area contributed by atoms with Gasteiger partial charge in [0.25, 0.3) is 5.56 Å². The lowest BCUT2D eigenvalue weighted by Gasteiger charge is -2.31. The summed E-state index contributed by atoms with van der Waals surface area (Å²) in [6, 6.07) is 9.79. The zero-order valence-electron chi connectivity index (χ0n) is 11.4. The first-order chi connectivity index (χ1) is 9.78. The minimum absolute atomic E-state index is 0.0676. The number of aromatic amines is 1.